The molecule has 1 amide bonds. The molecule has 20 heavy (non-hydrogen) atoms. The summed E-state index contributed by atoms with van der Waals surface area (Å²) in [6, 6.07) is 6.39. The van der Waals surface area contributed by atoms with Crippen LogP contribution in [0.1, 0.15) is 18.5 Å². The number of rotatable bonds is 6. The number of hydrogen-bond donors (Lipinski definition) is 0. The fourth-order valence-electron chi connectivity index (χ4n) is 1.71. The van der Waals surface area contributed by atoms with Crippen LogP contribution in [-0.2, 0) is 19.1 Å². The van der Waals surface area contributed by atoms with Gasteiger partial charge in [-0.2, -0.15) is 0 Å². The third kappa shape index (κ3) is 4.31. The van der Waals surface area contributed by atoms with Crippen LogP contribution in [0, 0.1) is 0 Å². The SMILES string of the molecule is CCOCC(=O)N(C)[C@H](C(=O)OC)c1ccc(Br)cc1. The number of ether oxygens (including phenoxy) is 2. The van der Waals surface area contributed by atoms with Crippen molar-refractivity contribution in [3.8, 4) is 0 Å². The van der Waals surface area contributed by atoms with Crippen LogP contribution in [0.5, 0.6) is 0 Å². The predicted molar refractivity (Wildman–Crippen MR) is 78.2 cm³/mol. The standard InChI is InChI=1S/C14H18BrNO4/c1-4-20-9-12(17)16(2)13(14(18)19-3)10-5-7-11(15)8-6-10/h5-8,13H,4,9H2,1-3H3/t13-/m0/s1. The lowest BCUT2D eigenvalue weighted by Gasteiger charge is -2.26. The predicted octanol–water partition coefficient (Wildman–Crippen LogP) is 2.16. The summed E-state index contributed by atoms with van der Waals surface area (Å²) in [4.78, 5) is 25.3. The first-order chi connectivity index (χ1) is 9.51. The van der Waals surface area contributed by atoms with E-state index >= 15 is 0 Å². The van der Waals surface area contributed by atoms with Crippen LogP contribution in [0.15, 0.2) is 28.7 Å². The number of methoxy groups -OCH3 is 1. The number of hydrogen-bond acceptors (Lipinski definition) is 4. The molecule has 1 atom stereocenters. The van der Waals surface area contributed by atoms with E-state index in [2.05, 4.69) is 15.9 Å². The van der Waals surface area contributed by atoms with E-state index in [0.29, 0.717) is 12.2 Å². The Morgan fingerprint density at radius 3 is 2.40 bits per heavy atom. The molecule has 0 aliphatic heterocycles. The van der Waals surface area contributed by atoms with Crippen LogP contribution < -0.4 is 0 Å². The van der Waals surface area contributed by atoms with Gasteiger partial charge in [-0.05, 0) is 24.6 Å². The Morgan fingerprint density at radius 2 is 1.90 bits per heavy atom. The van der Waals surface area contributed by atoms with E-state index in [9.17, 15) is 9.59 Å². The van der Waals surface area contributed by atoms with Gasteiger partial charge in [0.1, 0.15) is 6.61 Å². The summed E-state index contributed by atoms with van der Waals surface area (Å²) in [5.74, 6) is -0.759. The van der Waals surface area contributed by atoms with Crippen molar-refractivity contribution in [3.05, 3.63) is 34.3 Å². The molecule has 0 saturated carbocycles. The summed E-state index contributed by atoms with van der Waals surface area (Å²) in [6.45, 7) is 2.19. The topological polar surface area (TPSA) is 55.8 Å². The largest absolute Gasteiger partial charge is 0.467 e. The summed E-state index contributed by atoms with van der Waals surface area (Å²) >= 11 is 3.33. The highest BCUT2D eigenvalue weighted by atomic mass is 79.9. The second-order valence-electron chi connectivity index (χ2n) is 4.12. The van der Waals surface area contributed by atoms with Gasteiger partial charge in [0.25, 0.3) is 0 Å². The van der Waals surface area contributed by atoms with Gasteiger partial charge in [-0.1, -0.05) is 28.1 Å². The van der Waals surface area contributed by atoms with E-state index in [-0.39, 0.29) is 12.5 Å². The van der Waals surface area contributed by atoms with Crippen molar-refractivity contribution >= 4 is 27.8 Å². The zero-order valence-electron chi connectivity index (χ0n) is 11.8. The lowest BCUT2D eigenvalue weighted by atomic mass is 10.1. The molecular weight excluding hydrogens is 326 g/mol. The summed E-state index contributed by atoms with van der Waals surface area (Å²) < 4.78 is 10.8. The smallest absolute Gasteiger partial charge is 0.333 e. The van der Waals surface area contributed by atoms with Gasteiger partial charge < -0.3 is 14.4 Å². The van der Waals surface area contributed by atoms with Gasteiger partial charge in [-0.25, -0.2) is 4.79 Å². The summed E-state index contributed by atoms with van der Waals surface area (Å²) in [5, 5.41) is 0. The van der Waals surface area contributed by atoms with Crippen LogP contribution in [0.25, 0.3) is 0 Å². The van der Waals surface area contributed by atoms with Crippen LogP contribution in [0.2, 0.25) is 0 Å². The number of carbonyl (C=O) groups excluding carboxylic acids is 2. The number of benzene rings is 1. The molecule has 0 aromatic heterocycles. The maximum atomic E-state index is 12.0. The minimum atomic E-state index is -0.777. The van der Waals surface area contributed by atoms with E-state index in [4.69, 9.17) is 9.47 Å². The van der Waals surface area contributed by atoms with Crippen molar-refractivity contribution < 1.29 is 19.1 Å². The lowest BCUT2D eigenvalue weighted by molar-refractivity contribution is -0.153. The van der Waals surface area contributed by atoms with Gasteiger partial charge in [0.05, 0.1) is 7.11 Å². The highest BCUT2D eigenvalue weighted by molar-refractivity contribution is 9.10. The minimum Gasteiger partial charge on any atom is -0.467 e. The molecule has 0 heterocycles. The van der Waals surface area contributed by atoms with Gasteiger partial charge in [-0.3, -0.25) is 4.79 Å². The highest BCUT2D eigenvalue weighted by Crippen LogP contribution is 2.23. The lowest BCUT2D eigenvalue weighted by Crippen LogP contribution is -2.38. The number of esters is 1. The summed E-state index contributed by atoms with van der Waals surface area (Å²) in [7, 11) is 2.86. The molecule has 6 heteroatoms. The van der Waals surface area contributed by atoms with Crippen LogP contribution >= 0.6 is 15.9 Å². The van der Waals surface area contributed by atoms with Crippen molar-refractivity contribution in [2.75, 3.05) is 27.4 Å². The maximum Gasteiger partial charge on any atom is 0.333 e. The maximum absolute atomic E-state index is 12.0. The molecular formula is C14H18BrNO4. The van der Waals surface area contributed by atoms with Crippen molar-refractivity contribution in [1.29, 1.82) is 0 Å². The second kappa shape index (κ2) is 8.01. The molecule has 0 radical (unpaired) electrons. The van der Waals surface area contributed by atoms with Gasteiger partial charge in [0.15, 0.2) is 6.04 Å². The third-order valence-electron chi connectivity index (χ3n) is 2.82. The fraction of sp³-hybridized carbons (Fsp3) is 0.429. The molecule has 110 valence electrons. The quantitative estimate of drug-likeness (QED) is 0.742. The van der Waals surface area contributed by atoms with E-state index < -0.39 is 12.0 Å². The molecule has 0 unspecified atom stereocenters. The zero-order chi connectivity index (χ0) is 15.1. The van der Waals surface area contributed by atoms with Gasteiger partial charge in [-0.15, -0.1) is 0 Å². The Morgan fingerprint density at radius 1 is 1.30 bits per heavy atom. The molecule has 1 rings (SSSR count). The number of carbonyl (C=O) groups is 2. The Bertz CT molecular complexity index is 461. The molecule has 0 spiro atoms. The molecule has 0 aliphatic carbocycles. The highest BCUT2D eigenvalue weighted by Gasteiger charge is 2.29. The molecule has 0 N–H and O–H groups in total. The fourth-order valence-corrected chi connectivity index (χ4v) is 1.97. The second-order valence-corrected chi connectivity index (χ2v) is 5.03. The van der Waals surface area contributed by atoms with Gasteiger partial charge in [0, 0.05) is 18.1 Å². The molecule has 0 saturated heterocycles. The summed E-state index contributed by atoms with van der Waals surface area (Å²) in [6.07, 6.45) is 0. The van der Waals surface area contributed by atoms with E-state index in [1.54, 1.807) is 26.1 Å². The Hall–Kier alpha value is -1.40. The molecule has 1 aromatic carbocycles. The Labute approximate surface area is 127 Å². The molecule has 0 bridgehead atoms. The third-order valence-corrected chi connectivity index (χ3v) is 3.35. The van der Waals surface area contributed by atoms with Crippen LogP contribution in [-0.4, -0.2) is 44.1 Å². The van der Waals surface area contributed by atoms with Crippen molar-refractivity contribution in [1.82, 2.24) is 4.90 Å². The number of nitrogens with zero attached hydrogens (tertiary/aromatic N) is 1. The normalized spacial score (nSPS) is 11.8. The zero-order valence-corrected chi connectivity index (χ0v) is 13.3. The van der Waals surface area contributed by atoms with E-state index in [1.807, 2.05) is 12.1 Å². The van der Waals surface area contributed by atoms with Crippen molar-refractivity contribution in [3.63, 3.8) is 0 Å². The van der Waals surface area contributed by atoms with Gasteiger partial charge >= 0.3 is 5.97 Å². The first-order valence-corrected chi connectivity index (χ1v) is 6.97. The first-order valence-electron chi connectivity index (χ1n) is 6.18. The van der Waals surface area contributed by atoms with E-state index in [1.165, 1.54) is 12.0 Å². The summed E-state index contributed by atoms with van der Waals surface area (Å²) in [5.41, 5.74) is 0.687. The first kappa shape index (κ1) is 16.7. The number of amides is 1. The average molecular weight is 344 g/mol. The molecule has 1 aromatic rings. The van der Waals surface area contributed by atoms with Gasteiger partial charge in [0.2, 0.25) is 5.91 Å². The van der Waals surface area contributed by atoms with Crippen LogP contribution in [0.3, 0.4) is 0 Å². The Kier molecular flexibility index (Phi) is 6.67. The van der Waals surface area contributed by atoms with Crippen LogP contribution in [0.4, 0.5) is 0 Å². The number of halogens is 1. The average Bonchev–Trinajstić information content (AvgIpc) is 2.46. The molecule has 0 fully saturated rings. The molecule has 5 nitrogen and oxygen atoms in total. The monoisotopic (exact) mass is 343 g/mol. The molecule has 0 aliphatic rings. The van der Waals surface area contributed by atoms with E-state index in [0.717, 1.165) is 4.47 Å². The minimum absolute atomic E-state index is 0.0585. The number of likely N-dealkylation sites (N-methyl/N-ethyl adjacent to an activating group) is 1. The Balaban J connectivity index is 2.97. The van der Waals surface area contributed by atoms with Crippen molar-refractivity contribution in [2.45, 2.75) is 13.0 Å². The van der Waals surface area contributed by atoms with Crippen molar-refractivity contribution in [2.24, 2.45) is 0 Å².